The first-order valence-electron chi connectivity index (χ1n) is 9.85. The van der Waals surface area contributed by atoms with Crippen molar-refractivity contribution in [2.75, 3.05) is 13.7 Å². The Morgan fingerprint density at radius 2 is 1.54 bits per heavy atom. The smallest absolute Gasteiger partial charge is 0.204 e. The quantitative estimate of drug-likeness (QED) is 0.556. The average Bonchev–Trinajstić information content (AvgIpc) is 2.70. The van der Waals surface area contributed by atoms with Gasteiger partial charge in [-0.1, -0.05) is 44.0 Å². The number of rotatable bonds is 7. The Hall–Kier alpha value is -2.17. The number of ether oxygens (including phenoxy) is 2. The van der Waals surface area contributed by atoms with E-state index in [2.05, 4.69) is 19.1 Å². The van der Waals surface area contributed by atoms with Gasteiger partial charge in [-0.15, -0.1) is 0 Å². The molecule has 1 aliphatic carbocycles. The Kier molecular flexibility index (Phi) is 6.87. The molecule has 0 saturated heterocycles. The van der Waals surface area contributed by atoms with Gasteiger partial charge in [0.05, 0.1) is 7.11 Å². The molecule has 0 bridgehead atoms. The molecule has 0 heterocycles. The van der Waals surface area contributed by atoms with Crippen LogP contribution in [0.2, 0.25) is 0 Å². The number of methoxy groups -OCH3 is 1. The molecule has 0 aromatic heterocycles. The zero-order valence-electron chi connectivity index (χ0n) is 16.4. The van der Waals surface area contributed by atoms with Crippen molar-refractivity contribution < 1.29 is 22.6 Å². The fourth-order valence-electron chi connectivity index (χ4n) is 3.80. The largest absolute Gasteiger partial charge is 0.494 e. The normalized spacial score (nSPS) is 20.6. The van der Waals surface area contributed by atoms with Gasteiger partial charge in [-0.25, -0.2) is 4.39 Å². The number of halogens is 3. The summed E-state index contributed by atoms with van der Waals surface area (Å²) in [7, 11) is 1.25. The van der Waals surface area contributed by atoms with E-state index in [-0.39, 0.29) is 24.5 Å². The lowest BCUT2D eigenvalue weighted by Crippen LogP contribution is -2.16. The van der Waals surface area contributed by atoms with Gasteiger partial charge >= 0.3 is 0 Å². The first-order valence-corrected chi connectivity index (χ1v) is 9.85. The fourth-order valence-corrected chi connectivity index (χ4v) is 3.80. The molecule has 2 aromatic rings. The van der Waals surface area contributed by atoms with Gasteiger partial charge < -0.3 is 9.47 Å². The van der Waals surface area contributed by atoms with Crippen LogP contribution in [0.25, 0.3) is 0 Å². The third kappa shape index (κ3) is 5.00. The summed E-state index contributed by atoms with van der Waals surface area (Å²) in [4.78, 5) is 0. The average molecular weight is 392 g/mol. The van der Waals surface area contributed by atoms with Crippen molar-refractivity contribution in [3.05, 3.63) is 59.2 Å². The van der Waals surface area contributed by atoms with Gasteiger partial charge in [0.2, 0.25) is 11.6 Å². The molecule has 2 aromatic carbocycles. The van der Waals surface area contributed by atoms with E-state index in [1.807, 2.05) is 12.1 Å². The highest BCUT2D eigenvalue weighted by Crippen LogP contribution is 2.35. The Morgan fingerprint density at radius 1 is 0.929 bits per heavy atom. The van der Waals surface area contributed by atoms with Crippen LogP contribution in [-0.4, -0.2) is 19.9 Å². The van der Waals surface area contributed by atoms with E-state index in [0.29, 0.717) is 5.92 Å². The molecular weight excluding hydrogens is 365 g/mol. The third-order valence-corrected chi connectivity index (χ3v) is 5.58. The summed E-state index contributed by atoms with van der Waals surface area (Å²) < 4.78 is 51.7. The predicted octanol–water partition coefficient (Wildman–Crippen LogP) is 6.23. The fraction of sp³-hybridized carbons (Fsp3) is 0.478. The minimum absolute atomic E-state index is 0.169. The Morgan fingerprint density at radius 3 is 2.18 bits per heavy atom. The Labute approximate surface area is 164 Å². The van der Waals surface area contributed by atoms with Crippen molar-refractivity contribution in [2.45, 2.75) is 51.1 Å². The van der Waals surface area contributed by atoms with E-state index in [1.54, 1.807) is 0 Å². The van der Waals surface area contributed by atoms with E-state index in [4.69, 9.17) is 9.47 Å². The van der Waals surface area contributed by atoms with E-state index in [1.165, 1.54) is 50.5 Å². The Bertz CT molecular complexity index is 768. The highest BCUT2D eigenvalue weighted by Gasteiger charge is 2.20. The molecule has 1 aliphatic rings. The van der Waals surface area contributed by atoms with Gasteiger partial charge in [-0.05, 0) is 47.9 Å². The maximum atomic E-state index is 14.3. The number of hydrogen-bond acceptors (Lipinski definition) is 2. The highest BCUT2D eigenvalue weighted by atomic mass is 19.2. The summed E-state index contributed by atoms with van der Waals surface area (Å²) in [6.45, 7) is 1.96. The van der Waals surface area contributed by atoms with Crippen molar-refractivity contribution in [2.24, 2.45) is 5.92 Å². The lowest BCUT2D eigenvalue weighted by molar-refractivity contribution is 0.187. The van der Waals surface area contributed by atoms with Crippen LogP contribution < -0.4 is 9.47 Å². The minimum Gasteiger partial charge on any atom is -0.494 e. The van der Waals surface area contributed by atoms with Gasteiger partial charge in [0.25, 0.3) is 0 Å². The van der Waals surface area contributed by atoms with Gasteiger partial charge in [-0.2, -0.15) is 8.78 Å². The van der Waals surface area contributed by atoms with Gasteiger partial charge in [0.15, 0.2) is 11.5 Å². The van der Waals surface area contributed by atoms with Crippen LogP contribution in [0.1, 0.15) is 49.7 Å². The van der Waals surface area contributed by atoms with Crippen molar-refractivity contribution in [1.29, 1.82) is 0 Å². The molecule has 28 heavy (non-hydrogen) atoms. The van der Waals surface area contributed by atoms with Crippen LogP contribution in [0.15, 0.2) is 36.4 Å². The number of alkyl halides is 1. The molecule has 0 amide bonds. The molecular formula is C23H27F3O2. The molecule has 5 heteroatoms. The van der Waals surface area contributed by atoms with Crippen molar-refractivity contribution >= 4 is 0 Å². The summed E-state index contributed by atoms with van der Waals surface area (Å²) >= 11 is 0. The summed E-state index contributed by atoms with van der Waals surface area (Å²) in [6, 6.07) is 10.6. The third-order valence-electron chi connectivity index (χ3n) is 5.58. The zero-order chi connectivity index (χ0) is 20.1. The van der Waals surface area contributed by atoms with Crippen molar-refractivity contribution in [3.8, 4) is 11.5 Å². The van der Waals surface area contributed by atoms with Crippen LogP contribution in [0.3, 0.4) is 0 Å². The first kappa shape index (κ1) is 20.6. The SMILES string of the molecule is COc1ccc(OCC(F)Cc2ccc(C3CCC(C)CC3)cc2)c(F)c1F. The lowest BCUT2D eigenvalue weighted by atomic mass is 9.79. The Balaban J connectivity index is 1.52. The molecule has 3 rings (SSSR count). The molecule has 152 valence electrons. The van der Waals surface area contributed by atoms with E-state index in [9.17, 15) is 13.2 Å². The minimum atomic E-state index is -1.31. The zero-order valence-corrected chi connectivity index (χ0v) is 16.4. The van der Waals surface area contributed by atoms with Gasteiger partial charge in [-0.3, -0.25) is 0 Å². The highest BCUT2D eigenvalue weighted by molar-refractivity contribution is 5.35. The van der Waals surface area contributed by atoms with Crippen LogP contribution in [-0.2, 0) is 6.42 Å². The molecule has 0 spiro atoms. The second kappa shape index (κ2) is 9.35. The predicted molar refractivity (Wildman–Crippen MR) is 104 cm³/mol. The molecule has 2 nitrogen and oxygen atoms in total. The topological polar surface area (TPSA) is 18.5 Å². The van der Waals surface area contributed by atoms with Crippen LogP contribution in [0.4, 0.5) is 13.2 Å². The van der Waals surface area contributed by atoms with E-state index in [0.717, 1.165) is 11.5 Å². The van der Waals surface area contributed by atoms with Crippen LogP contribution in [0, 0.1) is 17.6 Å². The molecule has 1 atom stereocenters. The first-order chi connectivity index (χ1) is 13.5. The van der Waals surface area contributed by atoms with Gasteiger partial charge in [0.1, 0.15) is 12.8 Å². The molecule has 0 aliphatic heterocycles. The molecule has 0 N–H and O–H groups in total. The molecule has 0 radical (unpaired) electrons. The summed E-state index contributed by atoms with van der Waals surface area (Å²) in [5.74, 6) is -1.42. The second-order valence-electron chi connectivity index (χ2n) is 7.70. The number of hydrogen-bond donors (Lipinski definition) is 0. The van der Waals surface area contributed by atoms with E-state index >= 15 is 0 Å². The number of benzene rings is 2. The van der Waals surface area contributed by atoms with Gasteiger partial charge in [0, 0.05) is 6.42 Å². The second-order valence-corrected chi connectivity index (χ2v) is 7.70. The monoisotopic (exact) mass is 392 g/mol. The summed E-state index contributed by atoms with van der Waals surface area (Å²) in [5, 5.41) is 0. The van der Waals surface area contributed by atoms with E-state index < -0.39 is 17.8 Å². The summed E-state index contributed by atoms with van der Waals surface area (Å²) in [5.41, 5.74) is 2.18. The van der Waals surface area contributed by atoms with Crippen LogP contribution in [0.5, 0.6) is 11.5 Å². The maximum absolute atomic E-state index is 14.3. The van der Waals surface area contributed by atoms with Crippen molar-refractivity contribution in [3.63, 3.8) is 0 Å². The lowest BCUT2D eigenvalue weighted by Gasteiger charge is -2.26. The molecule has 1 unspecified atom stereocenters. The standard InChI is InChI=1S/C23H27F3O2/c1-15-3-7-17(8-4-15)18-9-5-16(6-10-18)13-19(24)14-28-21-12-11-20(27-2)22(25)23(21)26/h5-6,9-12,15,17,19H,3-4,7-8,13-14H2,1-2H3. The maximum Gasteiger partial charge on any atom is 0.204 e. The van der Waals surface area contributed by atoms with Crippen molar-refractivity contribution in [1.82, 2.24) is 0 Å². The summed E-state index contributed by atoms with van der Waals surface area (Å²) in [6.07, 6.45) is 3.81. The molecule has 1 saturated carbocycles. The van der Waals surface area contributed by atoms with Crippen LogP contribution >= 0.6 is 0 Å². The molecule has 1 fully saturated rings.